The zero-order valence-corrected chi connectivity index (χ0v) is 10.5. The summed E-state index contributed by atoms with van der Waals surface area (Å²) in [5.41, 5.74) is 5.40. The first-order valence-corrected chi connectivity index (χ1v) is 6.04. The van der Waals surface area contributed by atoms with Gasteiger partial charge in [0.25, 0.3) is 0 Å². The maximum atomic E-state index is 2.23. The molecule has 0 aliphatic carbocycles. The average molecular weight is 222 g/mol. The number of allylic oxidation sites excluding steroid dienone is 1. The Morgan fingerprint density at radius 1 is 0.882 bits per heavy atom. The van der Waals surface area contributed by atoms with Gasteiger partial charge in [0.1, 0.15) is 0 Å². The second-order valence-corrected chi connectivity index (χ2v) is 4.38. The molecule has 0 spiro atoms. The third-order valence-electron chi connectivity index (χ3n) is 3.14. The predicted octanol–water partition coefficient (Wildman–Crippen LogP) is 4.56. The molecule has 2 aromatic rings. The zero-order valence-electron chi connectivity index (χ0n) is 10.5. The van der Waals surface area contributed by atoms with Gasteiger partial charge >= 0.3 is 0 Å². The number of benzene rings is 2. The van der Waals surface area contributed by atoms with Crippen molar-refractivity contribution in [1.82, 2.24) is 0 Å². The van der Waals surface area contributed by atoms with E-state index in [1.165, 1.54) is 22.3 Å². The van der Waals surface area contributed by atoms with Crippen LogP contribution in [0.2, 0.25) is 0 Å². The molecule has 0 fully saturated rings. The molecule has 0 saturated carbocycles. The number of hydrogen-bond acceptors (Lipinski definition) is 0. The summed E-state index contributed by atoms with van der Waals surface area (Å²) in [6.07, 6.45) is 5.45. The van der Waals surface area contributed by atoms with Gasteiger partial charge in [0.2, 0.25) is 0 Å². The molecule has 0 bridgehead atoms. The van der Waals surface area contributed by atoms with Gasteiger partial charge in [-0.25, -0.2) is 0 Å². The Labute approximate surface area is 104 Å². The van der Waals surface area contributed by atoms with Crippen LogP contribution in [0.25, 0.3) is 6.08 Å². The maximum absolute atomic E-state index is 2.23. The fourth-order valence-corrected chi connectivity index (χ4v) is 1.89. The molecule has 0 aromatic heterocycles. The van der Waals surface area contributed by atoms with Crippen molar-refractivity contribution in [2.24, 2.45) is 0 Å². The Balaban J connectivity index is 2.09. The Kier molecular flexibility index (Phi) is 3.77. The molecular formula is C17H18. The van der Waals surface area contributed by atoms with Crippen molar-refractivity contribution in [1.29, 1.82) is 0 Å². The monoisotopic (exact) mass is 222 g/mol. The third-order valence-corrected chi connectivity index (χ3v) is 3.14. The molecule has 0 radical (unpaired) electrons. The molecule has 0 heterocycles. The Morgan fingerprint density at radius 2 is 1.65 bits per heavy atom. The van der Waals surface area contributed by atoms with Crippen molar-refractivity contribution in [3.63, 3.8) is 0 Å². The quantitative estimate of drug-likeness (QED) is 0.714. The summed E-state index contributed by atoms with van der Waals surface area (Å²) in [4.78, 5) is 0. The van der Waals surface area contributed by atoms with Crippen LogP contribution in [0.3, 0.4) is 0 Å². The lowest BCUT2D eigenvalue weighted by Crippen LogP contribution is -1.85. The van der Waals surface area contributed by atoms with E-state index in [1.807, 2.05) is 0 Å². The van der Waals surface area contributed by atoms with E-state index >= 15 is 0 Å². The Bertz CT molecular complexity index is 507. The SMILES string of the molecule is Cc1cccc(/C=C/Cc2ccccc2)c1C. The Morgan fingerprint density at radius 3 is 2.41 bits per heavy atom. The molecule has 0 aliphatic rings. The van der Waals surface area contributed by atoms with E-state index < -0.39 is 0 Å². The molecule has 0 nitrogen and oxygen atoms in total. The fourth-order valence-electron chi connectivity index (χ4n) is 1.89. The number of hydrogen-bond donors (Lipinski definition) is 0. The maximum Gasteiger partial charge on any atom is -0.00941 e. The molecule has 0 amide bonds. The van der Waals surface area contributed by atoms with Crippen molar-refractivity contribution in [2.45, 2.75) is 20.3 Å². The molecule has 0 unspecified atom stereocenters. The van der Waals surface area contributed by atoms with Gasteiger partial charge in [-0.15, -0.1) is 0 Å². The molecule has 2 rings (SSSR count). The molecule has 0 heteroatoms. The van der Waals surface area contributed by atoms with Gasteiger partial charge in [-0.3, -0.25) is 0 Å². The van der Waals surface area contributed by atoms with E-state index in [-0.39, 0.29) is 0 Å². The lowest BCUT2D eigenvalue weighted by Gasteiger charge is -2.03. The smallest absolute Gasteiger partial charge is 0.00941 e. The van der Waals surface area contributed by atoms with Crippen LogP contribution in [0.4, 0.5) is 0 Å². The molecule has 86 valence electrons. The molecule has 0 N–H and O–H groups in total. The van der Waals surface area contributed by atoms with Gasteiger partial charge in [-0.2, -0.15) is 0 Å². The van der Waals surface area contributed by atoms with Gasteiger partial charge in [0, 0.05) is 0 Å². The van der Waals surface area contributed by atoms with E-state index in [0.29, 0.717) is 0 Å². The van der Waals surface area contributed by atoms with Crippen molar-refractivity contribution in [3.05, 3.63) is 76.9 Å². The summed E-state index contributed by atoms with van der Waals surface area (Å²) < 4.78 is 0. The highest BCUT2D eigenvalue weighted by Gasteiger charge is 1.96. The van der Waals surface area contributed by atoms with Crippen LogP contribution < -0.4 is 0 Å². The second-order valence-electron chi connectivity index (χ2n) is 4.38. The van der Waals surface area contributed by atoms with Crippen LogP contribution in [0.5, 0.6) is 0 Å². The third kappa shape index (κ3) is 3.07. The van der Waals surface area contributed by atoms with E-state index in [1.54, 1.807) is 0 Å². The van der Waals surface area contributed by atoms with Crippen LogP contribution in [0, 0.1) is 13.8 Å². The topological polar surface area (TPSA) is 0 Å². The Hall–Kier alpha value is -1.82. The molecule has 0 aliphatic heterocycles. The van der Waals surface area contributed by atoms with Gasteiger partial charge in [0.05, 0.1) is 0 Å². The summed E-state index contributed by atoms with van der Waals surface area (Å²) in [5.74, 6) is 0. The van der Waals surface area contributed by atoms with E-state index in [9.17, 15) is 0 Å². The molecule has 0 atom stereocenters. The highest BCUT2D eigenvalue weighted by atomic mass is 14.0. The molecular weight excluding hydrogens is 204 g/mol. The summed E-state index contributed by atoms with van der Waals surface area (Å²) in [6.45, 7) is 4.33. The summed E-state index contributed by atoms with van der Waals surface area (Å²) in [5, 5.41) is 0. The first-order valence-electron chi connectivity index (χ1n) is 6.04. The minimum absolute atomic E-state index is 0.994. The minimum Gasteiger partial charge on any atom is -0.0795 e. The highest BCUT2D eigenvalue weighted by Crippen LogP contribution is 2.14. The van der Waals surface area contributed by atoms with Crippen LogP contribution in [-0.4, -0.2) is 0 Å². The summed E-state index contributed by atoms with van der Waals surface area (Å²) in [7, 11) is 0. The van der Waals surface area contributed by atoms with E-state index in [0.717, 1.165) is 6.42 Å². The van der Waals surface area contributed by atoms with Gasteiger partial charge in [0.15, 0.2) is 0 Å². The summed E-state index contributed by atoms with van der Waals surface area (Å²) >= 11 is 0. The summed E-state index contributed by atoms with van der Waals surface area (Å²) in [6, 6.07) is 17.0. The average Bonchev–Trinajstić information content (AvgIpc) is 2.36. The fraction of sp³-hybridized carbons (Fsp3) is 0.176. The van der Waals surface area contributed by atoms with Gasteiger partial charge in [-0.05, 0) is 42.5 Å². The first kappa shape index (κ1) is 11.7. The van der Waals surface area contributed by atoms with Crippen molar-refractivity contribution < 1.29 is 0 Å². The number of aryl methyl sites for hydroxylation is 1. The second kappa shape index (κ2) is 5.49. The van der Waals surface area contributed by atoms with Gasteiger partial charge < -0.3 is 0 Å². The number of rotatable bonds is 3. The zero-order chi connectivity index (χ0) is 12.1. The molecule has 2 aromatic carbocycles. The largest absolute Gasteiger partial charge is 0.0795 e. The van der Waals surface area contributed by atoms with Crippen LogP contribution in [0.15, 0.2) is 54.6 Å². The lowest BCUT2D eigenvalue weighted by molar-refractivity contribution is 1.27. The highest BCUT2D eigenvalue weighted by molar-refractivity contribution is 5.55. The molecule has 17 heavy (non-hydrogen) atoms. The standard InChI is InChI=1S/C17H18/c1-14-8-6-12-17(15(14)2)13-7-11-16-9-4-3-5-10-16/h3-10,12-13H,11H2,1-2H3/b13-7+. The first-order chi connectivity index (χ1) is 8.27. The van der Waals surface area contributed by atoms with Gasteiger partial charge in [-0.1, -0.05) is 60.7 Å². The van der Waals surface area contributed by atoms with Crippen molar-refractivity contribution >= 4 is 6.08 Å². The van der Waals surface area contributed by atoms with Crippen LogP contribution in [-0.2, 0) is 6.42 Å². The van der Waals surface area contributed by atoms with Crippen molar-refractivity contribution in [3.8, 4) is 0 Å². The van der Waals surface area contributed by atoms with Crippen LogP contribution in [0.1, 0.15) is 22.3 Å². The predicted molar refractivity (Wildman–Crippen MR) is 75.1 cm³/mol. The van der Waals surface area contributed by atoms with E-state index in [2.05, 4.69) is 74.5 Å². The lowest BCUT2D eigenvalue weighted by atomic mass is 10.0. The minimum atomic E-state index is 0.994. The molecule has 0 saturated heterocycles. The van der Waals surface area contributed by atoms with Crippen molar-refractivity contribution in [2.75, 3.05) is 0 Å². The normalized spacial score (nSPS) is 10.9. The van der Waals surface area contributed by atoms with E-state index in [4.69, 9.17) is 0 Å². The van der Waals surface area contributed by atoms with Crippen LogP contribution >= 0.6 is 0 Å².